The average molecular weight is 268 g/mol. The zero-order valence-electron chi connectivity index (χ0n) is 11.9. The maximum Gasteiger partial charge on any atom is 0.324 e. The van der Waals surface area contributed by atoms with Gasteiger partial charge >= 0.3 is 11.9 Å². The highest BCUT2D eigenvalue weighted by Crippen LogP contribution is 2.31. The van der Waals surface area contributed by atoms with Gasteiger partial charge in [-0.1, -0.05) is 25.5 Å². The molecule has 0 rings (SSSR count). The van der Waals surface area contributed by atoms with E-state index in [9.17, 15) is 9.59 Å². The predicted molar refractivity (Wildman–Crippen MR) is 74.6 cm³/mol. The molecule has 0 spiro atoms. The summed E-state index contributed by atoms with van der Waals surface area (Å²) in [7, 11) is 0. The van der Waals surface area contributed by atoms with Gasteiger partial charge < -0.3 is 9.47 Å². The summed E-state index contributed by atoms with van der Waals surface area (Å²) < 4.78 is 10.2. The topological polar surface area (TPSA) is 52.6 Å². The molecule has 0 heterocycles. The number of allylic oxidation sites excluding steroid dienone is 2. The third kappa shape index (κ3) is 4.89. The third-order valence-electron chi connectivity index (χ3n) is 2.77. The van der Waals surface area contributed by atoms with E-state index in [-0.39, 0.29) is 19.4 Å². The molecule has 4 heteroatoms. The highest BCUT2D eigenvalue weighted by molar-refractivity contribution is 6.00. The Morgan fingerprint density at radius 3 is 2.00 bits per heavy atom. The van der Waals surface area contributed by atoms with Crippen LogP contribution in [0, 0.1) is 5.41 Å². The Hall–Kier alpha value is -1.58. The number of unbranched alkanes of at least 4 members (excludes halogenated alkanes) is 1. The number of carbonyl (C=O) groups is 2. The van der Waals surface area contributed by atoms with E-state index in [0.717, 1.165) is 12.8 Å². The lowest BCUT2D eigenvalue weighted by molar-refractivity contribution is -0.172. The van der Waals surface area contributed by atoms with Gasteiger partial charge in [-0.25, -0.2) is 0 Å². The van der Waals surface area contributed by atoms with Crippen molar-refractivity contribution in [2.24, 2.45) is 5.41 Å². The van der Waals surface area contributed by atoms with Crippen molar-refractivity contribution in [1.82, 2.24) is 0 Å². The number of carbonyl (C=O) groups excluding carboxylic acids is 2. The summed E-state index contributed by atoms with van der Waals surface area (Å²) in [5, 5.41) is 0. The van der Waals surface area contributed by atoms with E-state index in [2.05, 4.69) is 13.2 Å². The first-order valence-electron chi connectivity index (χ1n) is 6.65. The minimum atomic E-state index is -1.34. The summed E-state index contributed by atoms with van der Waals surface area (Å²) in [6.45, 7) is 11.4. The molecule has 19 heavy (non-hydrogen) atoms. The third-order valence-corrected chi connectivity index (χ3v) is 2.77. The Bertz CT molecular complexity index is 310. The molecule has 0 bridgehead atoms. The van der Waals surface area contributed by atoms with Crippen LogP contribution in [0.1, 0.15) is 39.5 Å². The first kappa shape index (κ1) is 17.4. The minimum absolute atomic E-state index is 0.183. The molecule has 0 atom stereocenters. The Balaban J connectivity index is 5.07. The zero-order chi connectivity index (χ0) is 14.7. The van der Waals surface area contributed by atoms with E-state index in [1.54, 1.807) is 6.92 Å². The van der Waals surface area contributed by atoms with E-state index in [4.69, 9.17) is 9.47 Å². The van der Waals surface area contributed by atoms with Crippen LogP contribution in [0.15, 0.2) is 25.3 Å². The molecule has 108 valence electrons. The molecule has 0 aromatic heterocycles. The summed E-state index contributed by atoms with van der Waals surface area (Å²) in [6, 6.07) is 0. The smallest absolute Gasteiger partial charge is 0.324 e. The van der Waals surface area contributed by atoms with Gasteiger partial charge in [-0.05, 0) is 26.2 Å². The fourth-order valence-electron chi connectivity index (χ4n) is 1.71. The fraction of sp³-hybridized carbons (Fsp3) is 0.600. The molecule has 0 fully saturated rings. The Labute approximate surface area is 115 Å². The second kappa shape index (κ2) is 9.36. The normalized spacial score (nSPS) is 10.6. The van der Waals surface area contributed by atoms with E-state index in [1.807, 2.05) is 6.92 Å². The van der Waals surface area contributed by atoms with Crippen LogP contribution in [-0.2, 0) is 19.1 Å². The summed E-state index contributed by atoms with van der Waals surface area (Å²) in [5.41, 5.74) is -1.34. The van der Waals surface area contributed by atoms with Crippen molar-refractivity contribution in [3.05, 3.63) is 25.3 Å². The van der Waals surface area contributed by atoms with Gasteiger partial charge in [0.2, 0.25) is 0 Å². The van der Waals surface area contributed by atoms with Crippen LogP contribution in [0.25, 0.3) is 0 Å². The molecule has 0 saturated heterocycles. The molecule has 0 aliphatic carbocycles. The molecular formula is C15H24O4. The summed E-state index contributed by atoms with van der Waals surface area (Å²) in [5.74, 6) is -1.13. The predicted octanol–water partition coefficient (Wildman–Crippen LogP) is 3.03. The Kier molecular flexibility index (Phi) is 8.58. The van der Waals surface area contributed by atoms with Crippen LogP contribution in [-0.4, -0.2) is 25.2 Å². The van der Waals surface area contributed by atoms with Gasteiger partial charge in [0.1, 0.15) is 0 Å². The molecular weight excluding hydrogens is 244 g/mol. The van der Waals surface area contributed by atoms with E-state index >= 15 is 0 Å². The Morgan fingerprint density at radius 1 is 1.05 bits per heavy atom. The molecule has 0 aromatic rings. The number of esters is 2. The van der Waals surface area contributed by atoms with Gasteiger partial charge in [-0.15, -0.1) is 13.2 Å². The van der Waals surface area contributed by atoms with Crippen LogP contribution in [0.4, 0.5) is 0 Å². The fourth-order valence-corrected chi connectivity index (χ4v) is 1.71. The summed E-state index contributed by atoms with van der Waals surface area (Å²) in [4.78, 5) is 24.3. The first-order chi connectivity index (χ1) is 9.08. The van der Waals surface area contributed by atoms with Crippen LogP contribution in [0.2, 0.25) is 0 Å². The molecule has 0 N–H and O–H groups in total. The van der Waals surface area contributed by atoms with Crippen molar-refractivity contribution in [1.29, 1.82) is 0 Å². The SMILES string of the molecule is C=CCC(CC=C)(C(=O)OCC)C(=O)OCCCC. The van der Waals surface area contributed by atoms with Crippen molar-refractivity contribution >= 4 is 11.9 Å². The van der Waals surface area contributed by atoms with Gasteiger partial charge in [0.25, 0.3) is 0 Å². The van der Waals surface area contributed by atoms with Gasteiger partial charge in [-0.2, -0.15) is 0 Å². The second-order valence-corrected chi connectivity index (χ2v) is 4.28. The van der Waals surface area contributed by atoms with Gasteiger partial charge in [0.15, 0.2) is 5.41 Å². The molecule has 0 radical (unpaired) electrons. The molecule has 0 amide bonds. The lowest BCUT2D eigenvalue weighted by Gasteiger charge is -2.27. The van der Waals surface area contributed by atoms with Crippen molar-refractivity contribution in [2.45, 2.75) is 39.5 Å². The van der Waals surface area contributed by atoms with Crippen molar-refractivity contribution in [3.63, 3.8) is 0 Å². The molecule has 4 nitrogen and oxygen atoms in total. The van der Waals surface area contributed by atoms with E-state index in [0.29, 0.717) is 6.61 Å². The van der Waals surface area contributed by atoms with Gasteiger partial charge in [0.05, 0.1) is 13.2 Å². The van der Waals surface area contributed by atoms with Crippen molar-refractivity contribution < 1.29 is 19.1 Å². The highest BCUT2D eigenvalue weighted by atomic mass is 16.6. The quantitative estimate of drug-likeness (QED) is 0.264. The van der Waals surface area contributed by atoms with Crippen LogP contribution in [0.5, 0.6) is 0 Å². The van der Waals surface area contributed by atoms with Crippen LogP contribution < -0.4 is 0 Å². The van der Waals surface area contributed by atoms with Crippen LogP contribution in [0.3, 0.4) is 0 Å². The average Bonchev–Trinajstić information content (AvgIpc) is 2.38. The largest absolute Gasteiger partial charge is 0.465 e. The zero-order valence-corrected chi connectivity index (χ0v) is 11.9. The maximum absolute atomic E-state index is 12.2. The molecule has 0 aliphatic rings. The standard InChI is InChI=1S/C15H24O4/c1-5-9-12-19-14(17)15(10-6-2,11-7-3)13(16)18-8-4/h6-7H,2-3,5,8-12H2,1,4H3. The number of hydrogen-bond acceptors (Lipinski definition) is 4. The first-order valence-corrected chi connectivity index (χ1v) is 6.65. The minimum Gasteiger partial charge on any atom is -0.465 e. The van der Waals surface area contributed by atoms with Gasteiger partial charge in [-0.3, -0.25) is 9.59 Å². The maximum atomic E-state index is 12.2. The Morgan fingerprint density at radius 2 is 1.58 bits per heavy atom. The molecule has 0 aromatic carbocycles. The molecule has 0 saturated carbocycles. The second-order valence-electron chi connectivity index (χ2n) is 4.28. The molecule has 0 unspecified atom stereocenters. The van der Waals surface area contributed by atoms with E-state index in [1.165, 1.54) is 12.2 Å². The van der Waals surface area contributed by atoms with Gasteiger partial charge in [0, 0.05) is 0 Å². The van der Waals surface area contributed by atoms with Crippen molar-refractivity contribution in [2.75, 3.05) is 13.2 Å². The summed E-state index contributed by atoms with van der Waals surface area (Å²) in [6.07, 6.45) is 5.12. The summed E-state index contributed by atoms with van der Waals surface area (Å²) >= 11 is 0. The van der Waals surface area contributed by atoms with E-state index < -0.39 is 17.4 Å². The van der Waals surface area contributed by atoms with Crippen molar-refractivity contribution in [3.8, 4) is 0 Å². The lowest BCUT2D eigenvalue weighted by Crippen LogP contribution is -2.41. The number of hydrogen-bond donors (Lipinski definition) is 0. The lowest BCUT2D eigenvalue weighted by atomic mass is 9.81. The van der Waals surface area contributed by atoms with Crippen LogP contribution >= 0.6 is 0 Å². The molecule has 0 aliphatic heterocycles. The number of ether oxygens (including phenoxy) is 2. The number of rotatable bonds is 10. The highest BCUT2D eigenvalue weighted by Gasteiger charge is 2.46. The monoisotopic (exact) mass is 268 g/mol.